The molecule has 0 radical (unpaired) electrons. The minimum Gasteiger partial charge on any atom is -0.508 e. The van der Waals surface area contributed by atoms with E-state index >= 15 is 0 Å². The molecule has 1 atom stereocenters. The summed E-state index contributed by atoms with van der Waals surface area (Å²) in [6, 6.07) is 2.61. The summed E-state index contributed by atoms with van der Waals surface area (Å²) in [5.74, 6) is 1.31. The number of aromatic hydroxyl groups is 1. The van der Waals surface area contributed by atoms with Crippen molar-refractivity contribution in [3.63, 3.8) is 0 Å². The van der Waals surface area contributed by atoms with Crippen molar-refractivity contribution < 1.29 is 9.90 Å². The first-order chi connectivity index (χ1) is 11.4. The van der Waals surface area contributed by atoms with Crippen LogP contribution in [-0.2, 0) is 24.3 Å². The molecule has 2 aromatic rings. The number of fused-ring (bicyclic) bond motifs is 1. The van der Waals surface area contributed by atoms with Crippen LogP contribution in [0.5, 0.6) is 5.75 Å². The zero-order valence-corrected chi connectivity index (χ0v) is 14.0. The van der Waals surface area contributed by atoms with Gasteiger partial charge in [0.15, 0.2) is 0 Å². The molecule has 0 bridgehead atoms. The Labute approximate surface area is 140 Å². The molecule has 3 heterocycles. The second-order valence-corrected chi connectivity index (χ2v) is 6.45. The number of aryl methyl sites for hydroxylation is 2. The molecule has 1 unspecified atom stereocenters. The molecule has 0 spiro atoms. The third-order valence-electron chi connectivity index (χ3n) is 4.60. The Bertz CT molecular complexity index is 808. The number of carbonyl (C=O) groups is 1. The van der Waals surface area contributed by atoms with E-state index in [9.17, 15) is 14.7 Å². The van der Waals surface area contributed by atoms with Crippen LogP contribution in [0.4, 0.5) is 0 Å². The highest BCUT2D eigenvalue weighted by Gasteiger charge is 2.22. The second kappa shape index (κ2) is 6.51. The standard InChI is InChI=1S/C17H22N4O3/c1-12-7-14(22)8-16(23)21(12)11-17(24)19(2)9-13-3-4-15-18-5-6-20(15)10-13/h5-8,13,22H,3-4,9-11H2,1-2H3. The van der Waals surface area contributed by atoms with Gasteiger partial charge in [-0.25, -0.2) is 4.98 Å². The summed E-state index contributed by atoms with van der Waals surface area (Å²) in [6.07, 6.45) is 5.72. The lowest BCUT2D eigenvalue weighted by Crippen LogP contribution is -2.39. The molecular weight excluding hydrogens is 308 g/mol. The molecule has 7 heteroatoms. The van der Waals surface area contributed by atoms with Crippen molar-refractivity contribution in [2.75, 3.05) is 13.6 Å². The smallest absolute Gasteiger partial charge is 0.254 e. The molecule has 128 valence electrons. The normalized spacial score (nSPS) is 16.7. The molecule has 3 rings (SSSR count). The van der Waals surface area contributed by atoms with Crippen LogP contribution in [0.3, 0.4) is 0 Å². The van der Waals surface area contributed by atoms with Crippen LogP contribution >= 0.6 is 0 Å². The number of aromatic nitrogens is 3. The van der Waals surface area contributed by atoms with Gasteiger partial charge in [-0.1, -0.05) is 0 Å². The summed E-state index contributed by atoms with van der Waals surface area (Å²) < 4.78 is 3.52. The molecule has 1 aliphatic heterocycles. The van der Waals surface area contributed by atoms with Gasteiger partial charge in [-0.2, -0.15) is 0 Å². The number of hydrogen-bond donors (Lipinski definition) is 1. The van der Waals surface area contributed by atoms with Gasteiger partial charge in [0.1, 0.15) is 18.1 Å². The fourth-order valence-corrected chi connectivity index (χ4v) is 3.25. The SMILES string of the molecule is Cc1cc(O)cc(=O)n1CC(=O)N(C)CC1CCc2nccn2C1. The largest absolute Gasteiger partial charge is 0.508 e. The minimum absolute atomic E-state index is 0.00943. The highest BCUT2D eigenvalue weighted by molar-refractivity contribution is 5.75. The third kappa shape index (κ3) is 3.34. The minimum atomic E-state index is -0.366. The van der Waals surface area contributed by atoms with Gasteiger partial charge in [-0.3, -0.25) is 9.59 Å². The van der Waals surface area contributed by atoms with E-state index in [-0.39, 0.29) is 23.8 Å². The van der Waals surface area contributed by atoms with E-state index in [0.717, 1.165) is 31.3 Å². The fraction of sp³-hybridized carbons (Fsp3) is 0.471. The quantitative estimate of drug-likeness (QED) is 0.898. The summed E-state index contributed by atoms with van der Waals surface area (Å²) in [6.45, 7) is 3.22. The van der Waals surface area contributed by atoms with Crippen molar-refractivity contribution in [3.05, 3.63) is 46.4 Å². The Balaban J connectivity index is 1.63. The lowest BCUT2D eigenvalue weighted by Gasteiger charge is -2.28. The number of hydrogen-bond acceptors (Lipinski definition) is 4. The lowest BCUT2D eigenvalue weighted by molar-refractivity contribution is -0.131. The molecule has 0 saturated heterocycles. The average Bonchev–Trinajstić information content (AvgIpc) is 2.98. The zero-order chi connectivity index (χ0) is 17.3. The molecule has 1 aliphatic rings. The van der Waals surface area contributed by atoms with Crippen LogP contribution in [-0.4, -0.2) is 43.6 Å². The van der Waals surface area contributed by atoms with Crippen LogP contribution < -0.4 is 5.56 Å². The van der Waals surface area contributed by atoms with Gasteiger partial charge in [-0.15, -0.1) is 0 Å². The van der Waals surface area contributed by atoms with Crippen molar-refractivity contribution >= 4 is 5.91 Å². The van der Waals surface area contributed by atoms with Crippen LogP contribution in [0, 0.1) is 12.8 Å². The van der Waals surface area contributed by atoms with Gasteiger partial charge >= 0.3 is 0 Å². The van der Waals surface area contributed by atoms with Crippen molar-refractivity contribution in [1.29, 1.82) is 0 Å². The maximum absolute atomic E-state index is 12.5. The molecule has 7 nitrogen and oxygen atoms in total. The van der Waals surface area contributed by atoms with Gasteiger partial charge in [-0.05, 0) is 25.3 Å². The van der Waals surface area contributed by atoms with Crippen LogP contribution in [0.25, 0.3) is 0 Å². The van der Waals surface area contributed by atoms with Crippen LogP contribution in [0.1, 0.15) is 17.9 Å². The molecule has 0 fully saturated rings. The number of nitrogens with zero attached hydrogens (tertiary/aromatic N) is 4. The van der Waals surface area contributed by atoms with Gasteiger partial charge in [0.25, 0.3) is 5.56 Å². The summed E-state index contributed by atoms with van der Waals surface area (Å²) in [5.41, 5.74) is 0.206. The van der Waals surface area contributed by atoms with E-state index < -0.39 is 0 Å². The molecular formula is C17H22N4O3. The van der Waals surface area contributed by atoms with Crippen molar-refractivity contribution in [1.82, 2.24) is 19.0 Å². The van der Waals surface area contributed by atoms with E-state index in [1.807, 2.05) is 12.4 Å². The van der Waals surface area contributed by atoms with E-state index in [2.05, 4.69) is 9.55 Å². The fourth-order valence-electron chi connectivity index (χ4n) is 3.25. The maximum Gasteiger partial charge on any atom is 0.254 e. The molecule has 0 aromatic carbocycles. The summed E-state index contributed by atoms with van der Waals surface area (Å²) in [5, 5.41) is 9.42. The zero-order valence-electron chi connectivity index (χ0n) is 14.0. The molecule has 0 saturated carbocycles. The van der Waals surface area contributed by atoms with E-state index in [1.54, 1.807) is 18.9 Å². The monoisotopic (exact) mass is 330 g/mol. The predicted octanol–water partition coefficient (Wildman–Crippen LogP) is 0.780. The number of pyridine rings is 1. The second-order valence-electron chi connectivity index (χ2n) is 6.45. The number of imidazole rings is 1. The first-order valence-electron chi connectivity index (χ1n) is 8.08. The number of carbonyl (C=O) groups excluding carboxylic acids is 1. The Morgan fingerprint density at radius 3 is 3.00 bits per heavy atom. The Morgan fingerprint density at radius 2 is 2.25 bits per heavy atom. The van der Waals surface area contributed by atoms with Crippen molar-refractivity contribution in [2.24, 2.45) is 5.92 Å². The maximum atomic E-state index is 12.5. The van der Waals surface area contributed by atoms with Gasteiger partial charge < -0.3 is 19.1 Å². The van der Waals surface area contributed by atoms with Crippen LogP contribution in [0.2, 0.25) is 0 Å². The predicted molar refractivity (Wildman–Crippen MR) is 88.8 cm³/mol. The molecule has 1 N–H and O–H groups in total. The first-order valence-corrected chi connectivity index (χ1v) is 8.08. The summed E-state index contributed by atoms with van der Waals surface area (Å²) >= 11 is 0. The van der Waals surface area contributed by atoms with E-state index in [1.165, 1.54) is 10.6 Å². The first kappa shape index (κ1) is 16.3. The van der Waals surface area contributed by atoms with Crippen molar-refractivity contribution in [2.45, 2.75) is 32.9 Å². The number of likely N-dealkylation sites (N-methyl/N-ethyl adjacent to an activating group) is 1. The topological polar surface area (TPSA) is 80.4 Å². The summed E-state index contributed by atoms with van der Waals surface area (Å²) in [4.78, 5) is 30.4. The van der Waals surface area contributed by atoms with Gasteiger partial charge in [0, 0.05) is 50.7 Å². The number of rotatable bonds is 4. The van der Waals surface area contributed by atoms with Gasteiger partial charge in [0.2, 0.25) is 5.91 Å². The average molecular weight is 330 g/mol. The molecule has 24 heavy (non-hydrogen) atoms. The number of amides is 1. The van der Waals surface area contributed by atoms with E-state index in [4.69, 9.17) is 0 Å². The highest BCUT2D eigenvalue weighted by atomic mass is 16.3. The lowest BCUT2D eigenvalue weighted by atomic mass is 9.99. The Morgan fingerprint density at radius 1 is 1.46 bits per heavy atom. The van der Waals surface area contributed by atoms with Crippen molar-refractivity contribution in [3.8, 4) is 5.75 Å². The Kier molecular flexibility index (Phi) is 4.42. The molecule has 2 aromatic heterocycles. The van der Waals surface area contributed by atoms with Crippen LogP contribution in [0.15, 0.2) is 29.3 Å². The van der Waals surface area contributed by atoms with Gasteiger partial charge in [0.05, 0.1) is 0 Å². The summed E-state index contributed by atoms with van der Waals surface area (Å²) in [7, 11) is 1.77. The Hall–Kier alpha value is -2.57. The third-order valence-corrected chi connectivity index (χ3v) is 4.60. The van der Waals surface area contributed by atoms with E-state index in [0.29, 0.717) is 18.2 Å². The highest BCUT2D eigenvalue weighted by Crippen LogP contribution is 2.19. The molecule has 0 aliphatic carbocycles. The molecule has 1 amide bonds.